The van der Waals surface area contributed by atoms with E-state index in [4.69, 9.17) is 11.6 Å². The molecule has 0 aliphatic carbocycles. The molecule has 7 heteroatoms. The third-order valence-corrected chi connectivity index (χ3v) is 4.69. The van der Waals surface area contributed by atoms with Gasteiger partial charge in [-0.05, 0) is 40.0 Å². The van der Waals surface area contributed by atoms with Gasteiger partial charge >= 0.3 is 0 Å². The van der Waals surface area contributed by atoms with Crippen LogP contribution in [0.25, 0.3) is 0 Å². The molecule has 112 valence electrons. The average molecular weight is 388 g/mol. The van der Waals surface area contributed by atoms with Crippen LogP contribution in [0, 0.1) is 0 Å². The summed E-state index contributed by atoms with van der Waals surface area (Å²) in [5.41, 5.74) is 1.14. The van der Waals surface area contributed by atoms with Crippen molar-refractivity contribution in [2.24, 2.45) is 4.99 Å². The van der Waals surface area contributed by atoms with Crippen molar-refractivity contribution in [1.82, 2.24) is 15.6 Å². The molecule has 2 aromatic rings. The molecule has 0 aliphatic rings. The van der Waals surface area contributed by atoms with Crippen LogP contribution in [0.15, 0.2) is 39.2 Å². The van der Waals surface area contributed by atoms with Crippen LogP contribution in [0.3, 0.4) is 0 Å². The van der Waals surface area contributed by atoms with Crippen molar-refractivity contribution in [3.05, 3.63) is 49.8 Å². The Morgan fingerprint density at radius 2 is 2.29 bits per heavy atom. The highest BCUT2D eigenvalue weighted by molar-refractivity contribution is 9.10. The number of nitrogens with one attached hydrogen (secondary N) is 2. The average Bonchev–Trinajstić information content (AvgIpc) is 2.90. The molecular formula is C14H16BrClN4S. The highest BCUT2D eigenvalue weighted by atomic mass is 79.9. The van der Waals surface area contributed by atoms with Crippen molar-refractivity contribution >= 4 is 44.8 Å². The molecule has 0 amide bonds. The van der Waals surface area contributed by atoms with Crippen LogP contribution in [0.4, 0.5) is 0 Å². The summed E-state index contributed by atoms with van der Waals surface area (Å²) in [5.74, 6) is 0.793. The van der Waals surface area contributed by atoms with Crippen LogP contribution in [-0.2, 0) is 13.0 Å². The number of nitrogens with zero attached hydrogens (tertiary/aromatic N) is 2. The van der Waals surface area contributed by atoms with Crippen LogP contribution in [-0.4, -0.2) is 24.5 Å². The van der Waals surface area contributed by atoms with E-state index in [1.807, 2.05) is 6.07 Å². The number of rotatable bonds is 5. The second-order valence-electron chi connectivity index (χ2n) is 4.32. The zero-order chi connectivity index (χ0) is 15.1. The predicted octanol–water partition coefficient (Wildman–Crippen LogP) is 3.47. The van der Waals surface area contributed by atoms with Crippen LogP contribution in [0.2, 0.25) is 5.15 Å². The maximum Gasteiger partial charge on any atom is 0.191 e. The minimum atomic E-state index is 0.520. The van der Waals surface area contributed by atoms with Gasteiger partial charge in [0, 0.05) is 34.5 Å². The van der Waals surface area contributed by atoms with E-state index < -0.39 is 0 Å². The normalized spacial score (nSPS) is 11.5. The summed E-state index contributed by atoms with van der Waals surface area (Å²) >= 11 is 10.9. The third kappa shape index (κ3) is 5.65. The minimum absolute atomic E-state index is 0.520. The van der Waals surface area contributed by atoms with Gasteiger partial charge in [-0.15, -0.1) is 11.3 Å². The van der Waals surface area contributed by atoms with Crippen LogP contribution in [0.1, 0.15) is 10.4 Å². The van der Waals surface area contributed by atoms with Gasteiger partial charge in [-0.25, -0.2) is 4.98 Å². The van der Waals surface area contributed by atoms with Crippen molar-refractivity contribution in [3.8, 4) is 0 Å². The molecule has 2 heterocycles. The Morgan fingerprint density at radius 3 is 2.90 bits per heavy atom. The molecule has 2 aromatic heterocycles. The quantitative estimate of drug-likeness (QED) is 0.469. The summed E-state index contributed by atoms with van der Waals surface area (Å²) in [6, 6.07) is 5.89. The van der Waals surface area contributed by atoms with Crippen molar-refractivity contribution in [2.75, 3.05) is 13.6 Å². The summed E-state index contributed by atoms with van der Waals surface area (Å²) in [6.45, 7) is 1.55. The lowest BCUT2D eigenvalue weighted by atomic mass is 10.2. The van der Waals surface area contributed by atoms with E-state index in [9.17, 15) is 0 Å². The number of aliphatic imine (C=N–C) groups is 1. The lowest BCUT2D eigenvalue weighted by Crippen LogP contribution is -2.37. The van der Waals surface area contributed by atoms with Gasteiger partial charge in [0.15, 0.2) is 5.96 Å². The van der Waals surface area contributed by atoms with Crippen LogP contribution >= 0.6 is 38.9 Å². The minimum Gasteiger partial charge on any atom is -0.356 e. The molecule has 4 nitrogen and oxygen atoms in total. The molecule has 0 unspecified atom stereocenters. The fourth-order valence-electron chi connectivity index (χ4n) is 1.72. The van der Waals surface area contributed by atoms with E-state index in [0.717, 1.165) is 35.5 Å². The molecule has 0 bridgehead atoms. The number of hydrogen-bond donors (Lipinski definition) is 2. The van der Waals surface area contributed by atoms with Gasteiger partial charge < -0.3 is 10.6 Å². The lowest BCUT2D eigenvalue weighted by molar-refractivity contribution is 0.797. The van der Waals surface area contributed by atoms with Crippen molar-refractivity contribution in [3.63, 3.8) is 0 Å². The van der Waals surface area contributed by atoms with E-state index in [-0.39, 0.29) is 0 Å². The van der Waals surface area contributed by atoms with Gasteiger partial charge in [0.25, 0.3) is 0 Å². The summed E-state index contributed by atoms with van der Waals surface area (Å²) in [5, 5.41) is 9.16. The van der Waals surface area contributed by atoms with E-state index in [0.29, 0.717) is 5.15 Å². The maximum absolute atomic E-state index is 5.76. The first kappa shape index (κ1) is 16.3. The van der Waals surface area contributed by atoms with Gasteiger partial charge in [-0.1, -0.05) is 17.7 Å². The second kappa shape index (κ2) is 8.36. The van der Waals surface area contributed by atoms with Gasteiger partial charge in [0.2, 0.25) is 0 Å². The van der Waals surface area contributed by atoms with Gasteiger partial charge in [0.1, 0.15) is 5.15 Å². The van der Waals surface area contributed by atoms with Crippen LogP contribution < -0.4 is 10.6 Å². The molecule has 0 aliphatic heterocycles. The fourth-order valence-corrected chi connectivity index (χ4v) is 3.22. The van der Waals surface area contributed by atoms with E-state index in [1.54, 1.807) is 30.6 Å². The molecule has 2 rings (SSSR count). The molecule has 21 heavy (non-hydrogen) atoms. The van der Waals surface area contributed by atoms with Crippen molar-refractivity contribution in [2.45, 2.75) is 13.0 Å². The zero-order valence-electron chi connectivity index (χ0n) is 11.6. The van der Waals surface area contributed by atoms with Gasteiger partial charge in [-0.2, -0.15) is 0 Å². The van der Waals surface area contributed by atoms with E-state index in [2.05, 4.69) is 48.0 Å². The molecule has 2 N–H and O–H groups in total. The number of guanidine groups is 1. The number of halogens is 2. The number of hydrogen-bond acceptors (Lipinski definition) is 3. The molecule has 0 aromatic carbocycles. The second-order valence-corrected chi connectivity index (χ2v) is 6.62. The van der Waals surface area contributed by atoms with E-state index in [1.165, 1.54) is 4.88 Å². The number of aromatic nitrogens is 1. The molecule has 0 radical (unpaired) electrons. The lowest BCUT2D eigenvalue weighted by Gasteiger charge is -2.11. The smallest absolute Gasteiger partial charge is 0.191 e. The Kier molecular flexibility index (Phi) is 6.48. The molecular weight excluding hydrogens is 372 g/mol. The SMILES string of the molecule is CN=C(NCCc1ccc(Cl)nc1)NCc1cc(Br)cs1. The first-order chi connectivity index (χ1) is 10.2. The predicted molar refractivity (Wildman–Crippen MR) is 93.2 cm³/mol. The van der Waals surface area contributed by atoms with Gasteiger partial charge in [-0.3, -0.25) is 4.99 Å². The zero-order valence-corrected chi connectivity index (χ0v) is 14.7. The largest absolute Gasteiger partial charge is 0.356 e. The Labute approximate surface area is 141 Å². The van der Waals surface area contributed by atoms with Crippen LogP contribution in [0.5, 0.6) is 0 Å². The molecule has 0 saturated heterocycles. The van der Waals surface area contributed by atoms with E-state index >= 15 is 0 Å². The summed E-state index contributed by atoms with van der Waals surface area (Å²) < 4.78 is 1.11. The molecule has 0 fully saturated rings. The Balaban J connectivity index is 1.74. The number of thiophene rings is 1. The standard InChI is InChI=1S/C14H16BrClN4S/c1-17-14(20-8-12-6-11(15)9-21-12)18-5-4-10-2-3-13(16)19-7-10/h2-3,6-7,9H,4-5,8H2,1H3,(H2,17,18,20). The summed E-state index contributed by atoms with van der Waals surface area (Å²) in [6.07, 6.45) is 2.67. The third-order valence-electron chi connectivity index (χ3n) is 2.77. The van der Waals surface area contributed by atoms with Gasteiger partial charge in [0.05, 0.1) is 6.54 Å². The number of pyridine rings is 1. The molecule has 0 spiro atoms. The first-order valence-corrected chi connectivity index (χ1v) is 8.50. The summed E-state index contributed by atoms with van der Waals surface area (Å²) in [4.78, 5) is 9.53. The maximum atomic E-state index is 5.76. The van der Waals surface area contributed by atoms with Crippen molar-refractivity contribution in [1.29, 1.82) is 0 Å². The topological polar surface area (TPSA) is 49.3 Å². The molecule has 0 saturated carbocycles. The monoisotopic (exact) mass is 386 g/mol. The fraction of sp³-hybridized carbons (Fsp3) is 0.286. The van der Waals surface area contributed by atoms with Crippen molar-refractivity contribution < 1.29 is 0 Å². The highest BCUT2D eigenvalue weighted by Gasteiger charge is 2.01. The summed E-state index contributed by atoms with van der Waals surface area (Å²) in [7, 11) is 1.77. The highest BCUT2D eigenvalue weighted by Crippen LogP contribution is 2.19. The Hall–Kier alpha value is -1.11. The Morgan fingerprint density at radius 1 is 1.43 bits per heavy atom. The first-order valence-electron chi connectivity index (χ1n) is 6.45. The Bertz CT molecular complexity index is 597. The molecule has 0 atom stereocenters.